The highest BCUT2D eigenvalue weighted by Crippen LogP contribution is 2.15. The van der Waals surface area contributed by atoms with E-state index < -0.39 is 11.6 Å². The van der Waals surface area contributed by atoms with Crippen LogP contribution < -0.4 is 10.9 Å². The first kappa shape index (κ1) is 13.0. The Bertz CT molecular complexity index is 403. The van der Waals surface area contributed by atoms with Crippen LogP contribution in [-0.4, -0.2) is 39.2 Å². The fourth-order valence-corrected chi connectivity index (χ4v) is 1.36. The van der Waals surface area contributed by atoms with Crippen LogP contribution in [-0.2, 0) is 6.54 Å². The first-order valence-electron chi connectivity index (χ1n) is 4.87. The summed E-state index contributed by atoms with van der Waals surface area (Å²) in [7, 11) is 0. The molecule has 1 aromatic rings. The number of aliphatic hydroxyl groups is 2. The summed E-state index contributed by atoms with van der Waals surface area (Å²) in [5, 5.41) is 24.4. The standard InChI is InChI=1S/C9H14ClN3O3/c1-2-13-9(16)8(10)7(3-11-13)12-6(4-14)5-15/h3,6,12,14-15H,2,4-5H2,1H3. The summed E-state index contributed by atoms with van der Waals surface area (Å²) >= 11 is 5.84. The zero-order chi connectivity index (χ0) is 12.1. The van der Waals surface area contributed by atoms with E-state index in [4.69, 9.17) is 21.8 Å². The lowest BCUT2D eigenvalue weighted by Crippen LogP contribution is -2.30. The Morgan fingerprint density at radius 2 is 2.19 bits per heavy atom. The number of nitrogens with one attached hydrogen (secondary N) is 1. The van der Waals surface area contributed by atoms with Crippen LogP contribution in [0.15, 0.2) is 11.0 Å². The Morgan fingerprint density at radius 1 is 1.56 bits per heavy atom. The lowest BCUT2D eigenvalue weighted by molar-refractivity contribution is 0.204. The number of halogens is 1. The molecule has 3 N–H and O–H groups in total. The van der Waals surface area contributed by atoms with Crippen molar-refractivity contribution in [2.24, 2.45) is 0 Å². The molecule has 0 saturated heterocycles. The Hall–Kier alpha value is -1.11. The molecule has 16 heavy (non-hydrogen) atoms. The largest absolute Gasteiger partial charge is 0.394 e. The summed E-state index contributed by atoms with van der Waals surface area (Å²) in [6.07, 6.45) is 1.39. The van der Waals surface area contributed by atoms with Crippen molar-refractivity contribution < 1.29 is 10.2 Å². The van der Waals surface area contributed by atoms with Crippen molar-refractivity contribution in [3.05, 3.63) is 21.6 Å². The van der Waals surface area contributed by atoms with Gasteiger partial charge in [-0.2, -0.15) is 5.10 Å². The zero-order valence-electron chi connectivity index (χ0n) is 8.85. The smallest absolute Gasteiger partial charge is 0.287 e. The molecule has 0 aromatic carbocycles. The van der Waals surface area contributed by atoms with Gasteiger partial charge in [0, 0.05) is 6.54 Å². The predicted octanol–water partition coefficient (Wildman–Crippen LogP) is -0.318. The Labute approximate surface area is 97.5 Å². The van der Waals surface area contributed by atoms with Crippen molar-refractivity contribution in [1.29, 1.82) is 0 Å². The van der Waals surface area contributed by atoms with Crippen LogP contribution in [0.1, 0.15) is 6.92 Å². The van der Waals surface area contributed by atoms with Gasteiger partial charge in [0.1, 0.15) is 5.02 Å². The molecule has 6 nitrogen and oxygen atoms in total. The third-order valence-corrected chi connectivity index (χ3v) is 2.45. The van der Waals surface area contributed by atoms with Gasteiger partial charge < -0.3 is 15.5 Å². The zero-order valence-corrected chi connectivity index (χ0v) is 9.61. The van der Waals surface area contributed by atoms with Crippen molar-refractivity contribution in [3.63, 3.8) is 0 Å². The Balaban J connectivity index is 2.99. The van der Waals surface area contributed by atoms with Crippen LogP contribution in [0, 0.1) is 0 Å². The van der Waals surface area contributed by atoms with Crippen LogP contribution >= 0.6 is 11.6 Å². The summed E-state index contributed by atoms with van der Waals surface area (Å²) in [5.74, 6) is 0. The third kappa shape index (κ3) is 2.72. The number of rotatable bonds is 5. The summed E-state index contributed by atoms with van der Waals surface area (Å²) in [4.78, 5) is 11.6. The van der Waals surface area contributed by atoms with Crippen LogP contribution in [0.2, 0.25) is 5.02 Å². The highest BCUT2D eigenvalue weighted by molar-refractivity contribution is 6.32. The molecule has 0 bridgehead atoms. The number of nitrogens with zero attached hydrogens (tertiary/aromatic N) is 2. The van der Waals surface area contributed by atoms with Crippen molar-refractivity contribution in [2.45, 2.75) is 19.5 Å². The molecule has 90 valence electrons. The Morgan fingerprint density at radius 3 is 2.69 bits per heavy atom. The number of aromatic nitrogens is 2. The second-order valence-corrected chi connectivity index (χ2v) is 3.58. The van der Waals surface area contributed by atoms with Crippen LogP contribution in [0.5, 0.6) is 0 Å². The molecule has 0 aliphatic rings. The number of aliphatic hydroxyl groups excluding tert-OH is 2. The molecule has 1 aromatic heterocycles. The molecule has 0 fully saturated rings. The minimum atomic E-state index is -0.559. The summed E-state index contributed by atoms with van der Waals surface area (Å²) < 4.78 is 1.22. The molecule has 0 spiro atoms. The maximum Gasteiger partial charge on any atom is 0.287 e. The molecule has 1 rings (SSSR count). The fourth-order valence-electron chi connectivity index (χ4n) is 1.16. The van der Waals surface area contributed by atoms with E-state index in [0.29, 0.717) is 12.2 Å². The van der Waals surface area contributed by atoms with Gasteiger partial charge in [0.15, 0.2) is 0 Å². The number of hydrogen-bond donors (Lipinski definition) is 3. The highest BCUT2D eigenvalue weighted by atomic mass is 35.5. The van der Waals surface area contributed by atoms with Crippen molar-refractivity contribution in [1.82, 2.24) is 9.78 Å². The average molecular weight is 248 g/mol. The minimum Gasteiger partial charge on any atom is -0.394 e. The van der Waals surface area contributed by atoms with Gasteiger partial charge in [-0.05, 0) is 6.92 Å². The van der Waals surface area contributed by atoms with E-state index in [0.717, 1.165) is 0 Å². The molecule has 0 aliphatic carbocycles. The van der Waals surface area contributed by atoms with Gasteiger partial charge in [0.05, 0.1) is 31.1 Å². The molecule has 7 heteroatoms. The molecule has 0 aliphatic heterocycles. The van der Waals surface area contributed by atoms with Crippen LogP contribution in [0.4, 0.5) is 5.69 Å². The Kier molecular flexibility index (Phi) is 4.72. The second kappa shape index (κ2) is 5.83. The van der Waals surface area contributed by atoms with E-state index >= 15 is 0 Å². The van der Waals surface area contributed by atoms with E-state index in [-0.39, 0.29) is 18.2 Å². The fraction of sp³-hybridized carbons (Fsp3) is 0.556. The number of hydrogen-bond acceptors (Lipinski definition) is 5. The highest BCUT2D eigenvalue weighted by Gasteiger charge is 2.12. The number of aryl methyl sites for hydroxylation is 1. The first-order valence-corrected chi connectivity index (χ1v) is 5.25. The molecule has 0 unspecified atom stereocenters. The lowest BCUT2D eigenvalue weighted by Gasteiger charge is -2.15. The van der Waals surface area contributed by atoms with Crippen LogP contribution in [0.25, 0.3) is 0 Å². The molecule has 0 amide bonds. The second-order valence-electron chi connectivity index (χ2n) is 3.20. The lowest BCUT2D eigenvalue weighted by atomic mass is 10.3. The molecule has 0 saturated carbocycles. The monoisotopic (exact) mass is 247 g/mol. The van der Waals surface area contributed by atoms with E-state index in [1.165, 1.54) is 10.9 Å². The maximum atomic E-state index is 11.6. The van der Waals surface area contributed by atoms with Gasteiger partial charge in [-0.25, -0.2) is 4.68 Å². The van der Waals surface area contributed by atoms with Crippen molar-refractivity contribution in [2.75, 3.05) is 18.5 Å². The molecule has 0 atom stereocenters. The van der Waals surface area contributed by atoms with Gasteiger partial charge in [-0.1, -0.05) is 11.6 Å². The van der Waals surface area contributed by atoms with Gasteiger partial charge in [0.2, 0.25) is 0 Å². The van der Waals surface area contributed by atoms with Gasteiger partial charge in [-0.15, -0.1) is 0 Å². The van der Waals surface area contributed by atoms with Crippen LogP contribution in [0.3, 0.4) is 0 Å². The molecule has 1 heterocycles. The molecular weight excluding hydrogens is 234 g/mol. The van der Waals surface area contributed by atoms with Crippen molar-refractivity contribution >= 4 is 17.3 Å². The topological polar surface area (TPSA) is 87.4 Å². The van der Waals surface area contributed by atoms with Gasteiger partial charge in [0.25, 0.3) is 5.56 Å². The summed E-state index contributed by atoms with van der Waals surface area (Å²) in [5.41, 5.74) is -0.0896. The first-order chi connectivity index (χ1) is 7.63. The SMILES string of the molecule is CCn1ncc(NC(CO)CO)c(Cl)c1=O. The quantitative estimate of drug-likeness (QED) is 0.664. The summed E-state index contributed by atoms with van der Waals surface area (Å²) in [6, 6.07) is -0.559. The van der Waals surface area contributed by atoms with E-state index in [1.807, 2.05) is 0 Å². The predicted molar refractivity (Wildman–Crippen MR) is 60.8 cm³/mol. The molecular formula is C9H14ClN3O3. The van der Waals surface area contributed by atoms with E-state index in [1.54, 1.807) is 6.92 Å². The average Bonchev–Trinajstić information content (AvgIpc) is 2.31. The van der Waals surface area contributed by atoms with Gasteiger partial charge >= 0.3 is 0 Å². The van der Waals surface area contributed by atoms with Gasteiger partial charge in [-0.3, -0.25) is 4.79 Å². The van der Waals surface area contributed by atoms with E-state index in [2.05, 4.69) is 10.4 Å². The number of anilines is 1. The molecule has 0 radical (unpaired) electrons. The minimum absolute atomic E-state index is 0.00347. The summed E-state index contributed by atoms with van der Waals surface area (Å²) in [6.45, 7) is 1.69. The van der Waals surface area contributed by atoms with E-state index in [9.17, 15) is 4.79 Å². The van der Waals surface area contributed by atoms with Crippen molar-refractivity contribution in [3.8, 4) is 0 Å². The normalized spacial score (nSPS) is 10.8. The third-order valence-electron chi connectivity index (χ3n) is 2.08. The maximum absolute atomic E-state index is 11.6.